The van der Waals surface area contributed by atoms with E-state index in [1.54, 1.807) is 79.7 Å². The number of carbonyl (C=O) groups excluding carboxylic acids is 2. The van der Waals surface area contributed by atoms with Gasteiger partial charge in [-0.05, 0) is 66.1 Å². The molecule has 0 radical (unpaired) electrons. The van der Waals surface area contributed by atoms with Gasteiger partial charge in [0.05, 0.1) is 18.4 Å². The SMILES string of the molecule is CCOc1cc(C=NNC(=O)C(O)(c2ccccc2)c2ccccc2)ccc1OC(=O)c1ccc(F)cc1. The van der Waals surface area contributed by atoms with Crippen LogP contribution in [0, 0.1) is 5.82 Å². The lowest BCUT2D eigenvalue weighted by atomic mass is 9.85. The molecule has 0 unspecified atom stereocenters. The fraction of sp³-hybridized carbons (Fsp3) is 0.100. The Kier molecular flexibility index (Phi) is 8.25. The van der Waals surface area contributed by atoms with Crippen LogP contribution in [0.3, 0.4) is 0 Å². The molecule has 0 spiro atoms. The van der Waals surface area contributed by atoms with Crippen molar-refractivity contribution in [3.05, 3.63) is 131 Å². The van der Waals surface area contributed by atoms with E-state index >= 15 is 0 Å². The molecule has 8 heteroatoms. The Hall–Kier alpha value is -4.82. The van der Waals surface area contributed by atoms with Crippen molar-refractivity contribution in [1.82, 2.24) is 5.43 Å². The van der Waals surface area contributed by atoms with Gasteiger partial charge in [-0.2, -0.15) is 5.10 Å². The molecule has 4 aromatic carbocycles. The predicted molar refractivity (Wildman–Crippen MR) is 141 cm³/mol. The van der Waals surface area contributed by atoms with Crippen molar-refractivity contribution < 1.29 is 28.6 Å². The highest BCUT2D eigenvalue weighted by atomic mass is 19.1. The first-order valence-electron chi connectivity index (χ1n) is 11.8. The summed E-state index contributed by atoms with van der Waals surface area (Å²) >= 11 is 0. The lowest BCUT2D eigenvalue weighted by molar-refractivity contribution is -0.136. The molecule has 0 aliphatic heterocycles. The Labute approximate surface area is 219 Å². The average molecular weight is 513 g/mol. The van der Waals surface area contributed by atoms with E-state index in [0.29, 0.717) is 23.3 Å². The lowest BCUT2D eigenvalue weighted by Crippen LogP contribution is -2.43. The van der Waals surface area contributed by atoms with Crippen molar-refractivity contribution in [2.75, 3.05) is 6.61 Å². The van der Waals surface area contributed by atoms with E-state index in [9.17, 15) is 19.1 Å². The maximum absolute atomic E-state index is 13.2. The minimum absolute atomic E-state index is 0.171. The summed E-state index contributed by atoms with van der Waals surface area (Å²) in [7, 11) is 0. The monoisotopic (exact) mass is 512 g/mol. The summed E-state index contributed by atoms with van der Waals surface area (Å²) < 4.78 is 24.2. The van der Waals surface area contributed by atoms with Gasteiger partial charge < -0.3 is 14.6 Å². The number of halogens is 1. The van der Waals surface area contributed by atoms with Crippen LogP contribution >= 0.6 is 0 Å². The quantitative estimate of drug-likeness (QED) is 0.145. The van der Waals surface area contributed by atoms with Crippen molar-refractivity contribution in [1.29, 1.82) is 0 Å². The van der Waals surface area contributed by atoms with Crippen LogP contribution < -0.4 is 14.9 Å². The zero-order valence-electron chi connectivity index (χ0n) is 20.5. The molecule has 7 nitrogen and oxygen atoms in total. The molecule has 192 valence electrons. The maximum Gasteiger partial charge on any atom is 0.343 e. The van der Waals surface area contributed by atoms with E-state index < -0.39 is 23.3 Å². The van der Waals surface area contributed by atoms with E-state index in [1.165, 1.54) is 36.5 Å². The molecule has 0 heterocycles. The topological polar surface area (TPSA) is 97.2 Å². The van der Waals surface area contributed by atoms with E-state index in [-0.39, 0.29) is 17.1 Å². The highest BCUT2D eigenvalue weighted by molar-refractivity contribution is 5.92. The summed E-state index contributed by atoms with van der Waals surface area (Å²) in [6, 6.07) is 26.9. The van der Waals surface area contributed by atoms with Crippen LogP contribution in [0.15, 0.2) is 108 Å². The summed E-state index contributed by atoms with van der Waals surface area (Å²) in [5, 5.41) is 15.5. The van der Waals surface area contributed by atoms with Crippen molar-refractivity contribution in [2.45, 2.75) is 12.5 Å². The Morgan fingerprint density at radius 2 is 1.50 bits per heavy atom. The van der Waals surface area contributed by atoms with Gasteiger partial charge in [-0.1, -0.05) is 60.7 Å². The molecule has 38 heavy (non-hydrogen) atoms. The first kappa shape index (κ1) is 26.2. The minimum atomic E-state index is -1.96. The number of carbonyl (C=O) groups is 2. The average Bonchev–Trinajstić information content (AvgIpc) is 2.95. The summed E-state index contributed by atoms with van der Waals surface area (Å²) in [6.45, 7) is 2.08. The van der Waals surface area contributed by atoms with Gasteiger partial charge >= 0.3 is 5.97 Å². The van der Waals surface area contributed by atoms with Gasteiger partial charge in [-0.3, -0.25) is 4.79 Å². The summed E-state index contributed by atoms with van der Waals surface area (Å²) in [6.07, 6.45) is 1.38. The number of benzene rings is 4. The number of esters is 1. The fourth-order valence-electron chi connectivity index (χ4n) is 3.74. The lowest BCUT2D eigenvalue weighted by Gasteiger charge is -2.27. The Balaban J connectivity index is 1.52. The Morgan fingerprint density at radius 1 is 0.895 bits per heavy atom. The molecule has 0 saturated carbocycles. The second-order valence-corrected chi connectivity index (χ2v) is 8.18. The van der Waals surface area contributed by atoms with E-state index in [4.69, 9.17) is 9.47 Å². The van der Waals surface area contributed by atoms with Gasteiger partial charge in [-0.15, -0.1) is 0 Å². The summed E-state index contributed by atoms with van der Waals surface area (Å²) in [5.41, 5.74) is 1.97. The first-order chi connectivity index (χ1) is 18.4. The van der Waals surface area contributed by atoms with Gasteiger partial charge in [0.2, 0.25) is 0 Å². The number of amides is 1. The van der Waals surface area contributed by atoms with Crippen LogP contribution in [0.1, 0.15) is 34.0 Å². The molecule has 0 saturated heterocycles. The fourth-order valence-corrected chi connectivity index (χ4v) is 3.74. The van der Waals surface area contributed by atoms with Gasteiger partial charge in [0.15, 0.2) is 17.1 Å². The molecule has 4 aromatic rings. The molecule has 1 amide bonds. The van der Waals surface area contributed by atoms with E-state index in [0.717, 1.165) is 0 Å². The number of ether oxygens (including phenoxy) is 2. The second-order valence-electron chi connectivity index (χ2n) is 8.18. The number of hydrogen-bond acceptors (Lipinski definition) is 6. The van der Waals surface area contributed by atoms with Crippen LogP contribution in [-0.4, -0.2) is 29.8 Å². The van der Waals surface area contributed by atoms with Gasteiger partial charge in [0, 0.05) is 0 Å². The van der Waals surface area contributed by atoms with Gasteiger partial charge in [0.1, 0.15) is 5.82 Å². The standard InChI is InChI=1S/C30H25FN2O5/c1-2-37-27-19-21(13-18-26(27)38-28(34)22-14-16-25(31)17-15-22)20-32-33-29(35)30(36,23-9-5-3-6-10-23)24-11-7-4-8-12-24/h3-20,36H,2H2,1H3,(H,33,35). The minimum Gasteiger partial charge on any atom is -0.490 e. The highest BCUT2D eigenvalue weighted by Gasteiger charge is 2.39. The summed E-state index contributed by atoms with van der Waals surface area (Å²) in [4.78, 5) is 25.6. The normalized spacial score (nSPS) is 11.2. The number of hydrogen-bond donors (Lipinski definition) is 2. The molecule has 4 rings (SSSR count). The third kappa shape index (κ3) is 5.93. The van der Waals surface area contributed by atoms with Gasteiger partial charge in [0.25, 0.3) is 5.91 Å². The third-order valence-corrected chi connectivity index (χ3v) is 5.64. The van der Waals surface area contributed by atoms with Gasteiger partial charge in [-0.25, -0.2) is 14.6 Å². The van der Waals surface area contributed by atoms with Crippen molar-refractivity contribution in [3.8, 4) is 11.5 Å². The number of hydrazone groups is 1. The summed E-state index contributed by atoms with van der Waals surface area (Å²) in [5.74, 6) is -1.41. The smallest absolute Gasteiger partial charge is 0.343 e. The predicted octanol–water partition coefficient (Wildman–Crippen LogP) is 4.83. The molecule has 2 N–H and O–H groups in total. The zero-order valence-corrected chi connectivity index (χ0v) is 20.5. The molecule has 0 aliphatic rings. The zero-order chi connectivity index (χ0) is 27.0. The van der Waals surface area contributed by atoms with E-state index in [2.05, 4.69) is 10.5 Å². The maximum atomic E-state index is 13.2. The van der Waals surface area contributed by atoms with Crippen molar-refractivity contribution in [2.24, 2.45) is 5.10 Å². The second kappa shape index (κ2) is 11.9. The first-order valence-corrected chi connectivity index (χ1v) is 11.8. The highest BCUT2D eigenvalue weighted by Crippen LogP contribution is 2.31. The van der Waals surface area contributed by atoms with E-state index in [1.807, 2.05) is 0 Å². The number of rotatable bonds is 9. The molecule has 0 bridgehead atoms. The van der Waals surface area contributed by atoms with Crippen LogP contribution in [0.25, 0.3) is 0 Å². The van der Waals surface area contributed by atoms with Crippen LogP contribution in [-0.2, 0) is 10.4 Å². The van der Waals surface area contributed by atoms with Crippen molar-refractivity contribution in [3.63, 3.8) is 0 Å². The molecule has 0 aromatic heterocycles. The molecule has 0 aliphatic carbocycles. The van der Waals surface area contributed by atoms with Crippen LogP contribution in [0.2, 0.25) is 0 Å². The largest absolute Gasteiger partial charge is 0.490 e. The third-order valence-electron chi connectivity index (χ3n) is 5.64. The number of nitrogens with one attached hydrogen (secondary N) is 1. The Morgan fingerprint density at radius 3 is 2.08 bits per heavy atom. The molecular formula is C30H25FN2O5. The molecule has 0 atom stereocenters. The van der Waals surface area contributed by atoms with Crippen LogP contribution in [0.5, 0.6) is 11.5 Å². The van der Waals surface area contributed by atoms with Crippen LogP contribution in [0.4, 0.5) is 4.39 Å². The number of aliphatic hydroxyl groups is 1. The Bertz CT molecular complexity index is 1380. The molecular weight excluding hydrogens is 487 g/mol. The van der Waals surface area contributed by atoms with Crippen molar-refractivity contribution >= 4 is 18.1 Å². The number of nitrogens with zero attached hydrogens (tertiary/aromatic N) is 1. The molecule has 0 fully saturated rings.